The first kappa shape index (κ1) is 23.2. The second-order valence-electron chi connectivity index (χ2n) is 8.12. The zero-order valence-corrected chi connectivity index (χ0v) is 20.1. The van der Waals surface area contributed by atoms with E-state index in [1.807, 2.05) is 60.1 Å². The average Bonchev–Trinajstić information content (AvgIpc) is 3.45. The Kier molecular flexibility index (Phi) is 6.77. The van der Waals surface area contributed by atoms with Crippen LogP contribution in [0.1, 0.15) is 48.5 Å². The van der Waals surface area contributed by atoms with Crippen LogP contribution in [-0.4, -0.2) is 39.0 Å². The summed E-state index contributed by atoms with van der Waals surface area (Å²) in [5.41, 5.74) is 4.80. The molecule has 4 rings (SSSR count). The molecule has 0 spiro atoms. The Bertz CT molecular complexity index is 1270. The molecule has 2 aromatic carbocycles. The van der Waals surface area contributed by atoms with Crippen molar-refractivity contribution in [2.24, 2.45) is 0 Å². The number of hydrogen-bond acceptors (Lipinski definition) is 6. The van der Waals surface area contributed by atoms with Gasteiger partial charge in [0.05, 0.1) is 18.5 Å². The second-order valence-corrected chi connectivity index (χ2v) is 8.12. The fourth-order valence-corrected chi connectivity index (χ4v) is 3.88. The lowest BCUT2D eigenvalue weighted by molar-refractivity contribution is 0.0935. The lowest BCUT2D eigenvalue weighted by Crippen LogP contribution is -2.33. The molecule has 0 radical (unpaired) electrons. The van der Waals surface area contributed by atoms with Gasteiger partial charge >= 0.3 is 0 Å². The van der Waals surface area contributed by atoms with Gasteiger partial charge in [0, 0.05) is 29.7 Å². The first-order valence-electron chi connectivity index (χ1n) is 11.4. The van der Waals surface area contributed by atoms with Crippen molar-refractivity contribution >= 4 is 5.91 Å². The molecule has 0 bridgehead atoms. The van der Waals surface area contributed by atoms with Crippen molar-refractivity contribution in [2.75, 3.05) is 7.11 Å². The molecule has 0 unspecified atom stereocenters. The van der Waals surface area contributed by atoms with E-state index < -0.39 is 0 Å². The number of carbonyl (C=O) groups is 1. The van der Waals surface area contributed by atoms with Gasteiger partial charge in [-0.3, -0.25) is 4.79 Å². The maximum atomic E-state index is 12.6. The molecule has 1 amide bonds. The monoisotopic (exact) mass is 459 g/mol. The van der Waals surface area contributed by atoms with Gasteiger partial charge in [-0.1, -0.05) is 13.8 Å². The number of benzene rings is 2. The summed E-state index contributed by atoms with van der Waals surface area (Å²) in [5.74, 6) is 1.54. The summed E-state index contributed by atoms with van der Waals surface area (Å²) in [6.07, 6.45) is 1.80. The summed E-state index contributed by atoms with van der Waals surface area (Å²) < 4.78 is 12.8. The van der Waals surface area contributed by atoms with Gasteiger partial charge in [0.2, 0.25) is 5.89 Å². The van der Waals surface area contributed by atoms with Crippen LogP contribution in [0.3, 0.4) is 0 Å². The van der Waals surface area contributed by atoms with Gasteiger partial charge in [-0.15, -0.1) is 10.2 Å². The first-order valence-corrected chi connectivity index (χ1v) is 11.4. The van der Waals surface area contributed by atoms with Gasteiger partial charge in [-0.05, 0) is 68.3 Å². The van der Waals surface area contributed by atoms with E-state index in [1.165, 1.54) is 0 Å². The minimum absolute atomic E-state index is 0.0747. The molecular formula is C26H29N5O3. The number of aryl methyl sites for hydroxylation is 1. The maximum absolute atomic E-state index is 12.6. The normalized spacial score (nSPS) is 11.1. The van der Waals surface area contributed by atoms with Crippen LogP contribution in [0, 0.1) is 13.8 Å². The van der Waals surface area contributed by atoms with Crippen molar-refractivity contribution < 1.29 is 13.9 Å². The fraction of sp³-hybridized carbons (Fsp3) is 0.308. The minimum atomic E-state index is -0.0747. The van der Waals surface area contributed by atoms with Crippen molar-refractivity contribution in [3.63, 3.8) is 0 Å². The Morgan fingerprint density at radius 1 is 1.03 bits per heavy atom. The molecule has 4 aromatic rings. The number of amides is 1. The van der Waals surface area contributed by atoms with Gasteiger partial charge in [0.25, 0.3) is 11.8 Å². The van der Waals surface area contributed by atoms with Crippen LogP contribution in [0.25, 0.3) is 28.5 Å². The smallest absolute Gasteiger partial charge is 0.268 e. The summed E-state index contributed by atoms with van der Waals surface area (Å²) in [6, 6.07) is 15.4. The number of ether oxygens (including phenoxy) is 1. The van der Waals surface area contributed by atoms with Crippen LogP contribution in [0.15, 0.2) is 52.9 Å². The summed E-state index contributed by atoms with van der Waals surface area (Å²) in [7, 11) is 1.64. The van der Waals surface area contributed by atoms with Crippen LogP contribution in [-0.2, 0) is 0 Å². The molecule has 0 fully saturated rings. The van der Waals surface area contributed by atoms with Crippen LogP contribution in [0.5, 0.6) is 5.75 Å². The van der Waals surface area contributed by atoms with E-state index in [9.17, 15) is 4.79 Å². The van der Waals surface area contributed by atoms with Crippen LogP contribution in [0.4, 0.5) is 0 Å². The summed E-state index contributed by atoms with van der Waals surface area (Å²) in [4.78, 5) is 12.6. The summed E-state index contributed by atoms with van der Waals surface area (Å²) in [5, 5.41) is 16.0. The Morgan fingerprint density at radius 2 is 1.71 bits per heavy atom. The van der Waals surface area contributed by atoms with E-state index in [2.05, 4.69) is 29.4 Å². The predicted octanol–water partition coefficient (Wildman–Crippen LogP) is 5.13. The highest BCUT2D eigenvalue weighted by Gasteiger charge is 2.22. The van der Waals surface area contributed by atoms with Crippen LogP contribution in [0.2, 0.25) is 0 Å². The lowest BCUT2D eigenvalue weighted by atomic mass is 10.1. The molecule has 2 aromatic heterocycles. The third-order valence-corrected chi connectivity index (χ3v) is 5.91. The molecule has 8 nitrogen and oxygen atoms in total. The van der Waals surface area contributed by atoms with Crippen LogP contribution >= 0.6 is 0 Å². The first-order chi connectivity index (χ1) is 16.4. The maximum Gasteiger partial charge on any atom is 0.268 e. The second kappa shape index (κ2) is 9.91. The standard InChI is InChI=1S/C26H29N5O3/c1-6-20(7-2)27-25(32)19-8-12-21(13-9-19)31-24(18-10-14-22(33-5)15-11-18)16(3)23(30-31)26-29-28-17(4)34-26/h8-15,20H,6-7H2,1-5H3,(H,27,32). The third kappa shape index (κ3) is 4.57. The van der Waals surface area contributed by atoms with Crippen molar-refractivity contribution in [3.05, 3.63) is 65.5 Å². The molecule has 0 saturated carbocycles. The van der Waals surface area contributed by atoms with Gasteiger partial charge in [-0.25, -0.2) is 4.68 Å². The Labute approximate surface area is 199 Å². The molecule has 0 atom stereocenters. The highest BCUT2D eigenvalue weighted by atomic mass is 16.5. The molecule has 1 N–H and O–H groups in total. The number of aromatic nitrogens is 4. The molecule has 2 heterocycles. The van der Waals surface area contributed by atoms with Crippen molar-refractivity contribution in [2.45, 2.75) is 46.6 Å². The number of rotatable bonds is 8. The third-order valence-electron chi connectivity index (χ3n) is 5.91. The van der Waals surface area contributed by atoms with Gasteiger partial charge in [0.15, 0.2) is 5.69 Å². The van der Waals surface area contributed by atoms with E-state index >= 15 is 0 Å². The van der Waals surface area contributed by atoms with E-state index in [4.69, 9.17) is 14.3 Å². The molecule has 34 heavy (non-hydrogen) atoms. The van der Waals surface area contributed by atoms with Gasteiger partial charge in [-0.2, -0.15) is 5.10 Å². The summed E-state index contributed by atoms with van der Waals surface area (Å²) in [6.45, 7) is 7.87. The topological polar surface area (TPSA) is 95.1 Å². The number of nitrogens with zero attached hydrogens (tertiary/aromatic N) is 4. The SMILES string of the molecule is CCC(CC)NC(=O)c1ccc(-n2nc(-c3nnc(C)o3)c(C)c2-c2ccc(OC)cc2)cc1. The Morgan fingerprint density at radius 3 is 2.26 bits per heavy atom. The molecule has 0 saturated heterocycles. The zero-order chi connectivity index (χ0) is 24.2. The van der Waals surface area contributed by atoms with Gasteiger partial charge in [0.1, 0.15) is 5.75 Å². The number of nitrogens with one attached hydrogen (secondary N) is 1. The van der Waals surface area contributed by atoms with Gasteiger partial charge < -0.3 is 14.5 Å². The largest absolute Gasteiger partial charge is 0.497 e. The molecule has 0 aliphatic heterocycles. The number of carbonyl (C=O) groups excluding carboxylic acids is 1. The zero-order valence-electron chi connectivity index (χ0n) is 20.1. The van der Waals surface area contributed by atoms with Crippen molar-refractivity contribution in [1.82, 2.24) is 25.3 Å². The fourth-order valence-electron chi connectivity index (χ4n) is 3.88. The molecular weight excluding hydrogens is 430 g/mol. The predicted molar refractivity (Wildman–Crippen MR) is 130 cm³/mol. The molecule has 176 valence electrons. The Balaban J connectivity index is 1.76. The average molecular weight is 460 g/mol. The van der Waals surface area contributed by atoms with E-state index in [0.717, 1.165) is 41.1 Å². The van der Waals surface area contributed by atoms with Crippen molar-refractivity contribution in [3.8, 4) is 34.3 Å². The molecule has 8 heteroatoms. The van der Waals surface area contributed by atoms with E-state index in [-0.39, 0.29) is 11.9 Å². The highest BCUT2D eigenvalue weighted by molar-refractivity contribution is 5.94. The van der Waals surface area contributed by atoms with Crippen LogP contribution < -0.4 is 10.1 Å². The Hall–Kier alpha value is -3.94. The molecule has 0 aliphatic rings. The van der Waals surface area contributed by atoms with E-state index in [1.54, 1.807) is 14.0 Å². The number of methoxy groups -OCH3 is 1. The summed E-state index contributed by atoms with van der Waals surface area (Å²) >= 11 is 0. The lowest BCUT2D eigenvalue weighted by Gasteiger charge is -2.15. The molecule has 0 aliphatic carbocycles. The van der Waals surface area contributed by atoms with E-state index in [0.29, 0.717) is 23.0 Å². The number of hydrogen-bond donors (Lipinski definition) is 1. The quantitative estimate of drug-likeness (QED) is 0.392. The van der Waals surface area contributed by atoms with Crippen molar-refractivity contribution in [1.29, 1.82) is 0 Å². The minimum Gasteiger partial charge on any atom is -0.497 e. The highest BCUT2D eigenvalue weighted by Crippen LogP contribution is 2.34.